The van der Waals surface area contributed by atoms with Gasteiger partial charge in [-0.25, -0.2) is 4.39 Å². The van der Waals surface area contributed by atoms with Crippen molar-refractivity contribution in [3.63, 3.8) is 0 Å². The van der Waals surface area contributed by atoms with Crippen LogP contribution in [0.15, 0.2) is 46.0 Å². The molecule has 1 aromatic heterocycles. The summed E-state index contributed by atoms with van der Waals surface area (Å²) >= 11 is 3.27. The zero-order chi connectivity index (χ0) is 13.5. The van der Waals surface area contributed by atoms with Crippen molar-refractivity contribution in [3.8, 4) is 0 Å². The molecular formula is C15H18FNS2. The molecular weight excluding hydrogens is 277 g/mol. The summed E-state index contributed by atoms with van der Waals surface area (Å²) in [6.45, 7) is 3.14. The number of hydrogen-bond acceptors (Lipinski definition) is 3. The maximum Gasteiger partial charge on any atom is 0.136 e. The molecule has 19 heavy (non-hydrogen) atoms. The zero-order valence-corrected chi connectivity index (χ0v) is 12.6. The number of hydrogen-bond donors (Lipinski definition) is 1. The standard InChI is InChI=1S/C15H18FNS2/c1-2-8-17-14(12-7-9-18-10-12)11-19-15-6-4-3-5-13(15)16/h3-7,9-10,14,17H,2,8,11H2,1H3. The molecule has 0 aliphatic carbocycles. The molecule has 0 saturated heterocycles. The van der Waals surface area contributed by atoms with E-state index in [0.29, 0.717) is 0 Å². The van der Waals surface area contributed by atoms with E-state index < -0.39 is 0 Å². The lowest BCUT2D eigenvalue weighted by atomic mass is 10.2. The summed E-state index contributed by atoms with van der Waals surface area (Å²) in [6, 6.07) is 9.39. The van der Waals surface area contributed by atoms with Gasteiger partial charge >= 0.3 is 0 Å². The SMILES string of the molecule is CCCNC(CSc1ccccc1F)c1ccsc1. The molecule has 0 bridgehead atoms. The van der Waals surface area contributed by atoms with Gasteiger partial charge in [-0.3, -0.25) is 0 Å². The molecule has 1 atom stereocenters. The van der Waals surface area contributed by atoms with Crippen molar-refractivity contribution >= 4 is 23.1 Å². The Bertz CT molecular complexity index is 485. The fourth-order valence-corrected chi connectivity index (χ4v) is 3.55. The maximum atomic E-state index is 13.6. The Morgan fingerprint density at radius 3 is 2.84 bits per heavy atom. The van der Waals surface area contributed by atoms with Gasteiger partial charge in [0.1, 0.15) is 5.82 Å². The summed E-state index contributed by atoms with van der Waals surface area (Å²) in [4.78, 5) is 0.723. The molecule has 1 N–H and O–H groups in total. The van der Waals surface area contributed by atoms with E-state index in [4.69, 9.17) is 0 Å². The maximum absolute atomic E-state index is 13.6. The average molecular weight is 295 g/mol. The Hall–Kier alpha value is -0.840. The summed E-state index contributed by atoms with van der Waals surface area (Å²) < 4.78 is 13.6. The van der Waals surface area contributed by atoms with E-state index >= 15 is 0 Å². The highest BCUT2D eigenvalue weighted by molar-refractivity contribution is 7.99. The lowest BCUT2D eigenvalue weighted by molar-refractivity contribution is 0.576. The third kappa shape index (κ3) is 4.34. The van der Waals surface area contributed by atoms with Crippen LogP contribution in [-0.4, -0.2) is 12.3 Å². The van der Waals surface area contributed by atoms with Crippen LogP contribution in [0.3, 0.4) is 0 Å². The van der Waals surface area contributed by atoms with Crippen LogP contribution < -0.4 is 5.32 Å². The molecule has 1 unspecified atom stereocenters. The summed E-state index contributed by atoms with van der Waals surface area (Å²) in [7, 11) is 0. The van der Waals surface area contributed by atoms with Crippen LogP contribution in [0.4, 0.5) is 4.39 Å². The highest BCUT2D eigenvalue weighted by Gasteiger charge is 2.12. The van der Waals surface area contributed by atoms with Gasteiger partial charge < -0.3 is 5.32 Å². The fraction of sp³-hybridized carbons (Fsp3) is 0.333. The molecule has 102 valence electrons. The van der Waals surface area contributed by atoms with Gasteiger partial charge in [-0.15, -0.1) is 11.8 Å². The smallest absolute Gasteiger partial charge is 0.136 e. The van der Waals surface area contributed by atoms with Crippen LogP contribution in [-0.2, 0) is 0 Å². The Morgan fingerprint density at radius 2 is 2.16 bits per heavy atom. The molecule has 1 aromatic carbocycles. The van der Waals surface area contributed by atoms with Crippen LogP contribution in [0.1, 0.15) is 24.9 Å². The van der Waals surface area contributed by atoms with E-state index in [1.807, 2.05) is 12.1 Å². The molecule has 0 fully saturated rings. The van der Waals surface area contributed by atoms with Gasteiger partial charge in [0, 0.05) is 16.7 Å². The quantitative estimate of drug-likeness (QED) is 0.742. The normalized spacial score (nSPS) is 12.5. The third-order valence-corrected chi connectivity index (χ3v) is 4.67. The van der Waals surface area contributed by atoms with Gasteiger partial charge in [-0.1, -0.05) is 19.1 Å². The minimum Gasteiger partial charge on any atom is -0.309 e. The van der Waals surface area contributed by atoms with Gasteiger partial charge in [0.2, 0.25) is 0 Å². The molecule has 0 spiro atoms. The Labute approximate surface area is 122 Å². The van der Waals surface area contributed by atoms with E-state index in [2.05, 4.69) is 29.1 Å². The second kappa shape index (κ2) is 7.68. The first-order valence-corrected chi connectivity index (χ1v) is 8.37. The second-order valence-corrected chi connectivity index (χ2v) is 6.15. The van der Waals surface area contributed by atoms with Crippen molar-refractivity contribution in [2.75, 3.05) is 12.3 Å². The first-order chi connectivity index (χ1) is 9.31. The van der Waals surface area contributed by atoms with Crippen LogP contribution in [0.2, 0.25) is 0 Å². The largest absolute Gasteiger partial charge is 0.309 e. The molecule has 1 heterocycles. The average Bonchev–Trinajstić information content (AvgIpc) is 2.94. The molecule has 0 radical (unpaired) electrons. The number of rotatable bonds is 7. The van der Waals surface area contributed by atoms with Gasteiger partial charge in [0.25, 0.3) is 0 Å². The fourth-order valence-electron chi connectivity index (χ4n) is 1.80. The van der Waals surface area contributed by atoms with E-state index in [1.165, 1.54) is 11.6 Å². The van der Waals surface area contributed by atoms with Gasteiger partial charge in [0.15, 0.2) is 0 Å². The molecule has 1 nitrogen and oxygen atoms in total. The van der Waals surface area contributed by atoms with Crippen LogP contribution in [0.5, 0.6) is 0 Å². The number of thioether (sulfide) groups is 1. The molecule has 4 heteroatoms. The molecule has 2 rings (SSSR count). The van der Waals surface area contributed by atoms with Crippen molar-refractivity contribution in [1.82, 2.24) is 5.32 Å². The van der Waals surface area contributed by atoms with Crippen LogP contribution >= 0.6 is 23.1 Å². The van der Waals surface area contributed by atoms with Crippen LogP contribution in [0, 0.1) is 5.82 Å². The summed E-state index contributed by atoms with van der Waals surface area (Å²) in [5, 5.41) is 7.77. The van der Waals surface area contributed by atoms with Crippen molar-refractivity contribution < 1.29 is 4.39 Å². The highest BCUT2D eigenvalue weighted by atomic mass is 32.2. The minimum absolute atomic E-state index is 0.132. The molecule has 0 aliphatic rings. The van der Waals surface area contributed by atoms with Crippen LogP contribution in [0.25, 0.3) is 0 Å². The number of thiophene rings is 1. The second-order valence-electron chi connectivity index (χ2n) is 4.30. The lowest BCUT2D eigenvalue weighted by Crippen LogP contribution is -2.23. The minimum atomic E-state index is -0.132. The lowest BCUT2D eigenvalue weighted by Gasteiger charge is -2.17. The molecule has 0 amide bonds. The zero-order valence-electron chi connectivity index (χ0n) is 10.9. The molecule has 0 saturated carbocycles. The predicted octanol–water partition coefficient (Wildman–Crippen LogP) is 4.72. The number of halogens is 1. The summed E-state index contributed by atoms with van der Waals surface area (Å²) in [5.41, 5.74) is 1.29. The number of nitrogens with one attached hydrogen (secondary N) is 1. The van der Waals surface area contributed by atoms with Crippen molar-refractivity contribution in [3.05, 3.63) is 52.5 Å². The van der Waals surface area contributed by atoms with E-state index in [0.717, 1.165) is 23.6 Å². The first kappa shape index (κ1) is 14.6. The van der Waals surface area contributed by atoms with Gasteiger partial charge in [0.05, 0.1) is 0 Å². The van der Waals surface area contributed by atoms with Crippen molar-refractivity contribution in [1.29, 1.82) is 0 Å². The predicted molar refractivity (Wildman–Crippen MR) is 82.5 cm³/mol. The third-order valence-electron chi connectivity index (χ3n) is 2.83. The van der Waals surface area contributed by atoms with Gasteiger partial charge in [-0.2, -0.15) is 11.3 Å². The Balaban J connectivity index is 1.99. The molecule has 0 aliphatic heterocycles. The topological polar surface area (TPSA) is 12.0 Å². The summed E-state index contributed by atoms with van der Waals surface area (Å²) in [5.74, 6) is 0.713. The first-order valence-electron chi connectivity index (χ1n) is 6.44. The Kier molecular flexibility index (Phi) is 5.89. The number of benzene rings is 1. The summed E-state index contributed by atoms with van der Waals surface area (Å²) in [6.07, 6.45) is 1.10. The van der Waals surface area contributed by atoms with Gasteiger partial charge in [-0.05, 0) is 47.5 Å². The monoisotopic (exact) mass is 295 g/mol. The van der Waals surface area contributed by atoms with E-state index in [9.17, 15) is 4.39 Å². The molecule has 2 aromatic rings. The van der Waals surface area contributed by atoms with E-state index in [1.54, 1.807) is 29.2 Å². The van der Waals surface area contributed by atoms with Crippen molar-refractivity contribution in [2.24, 2.45) is 0 Å². The van der Waals surface area contributed by atoms with E-state index in [-0.39, 0.29) is 11.9 Å². The highest BCUT2D eigenvalue weighted by Crippen LogP contribution is 2.27. The Morgan fingerprint density at radius 1 is 1.32 bits per heavy atom. The van der Waals surface area contributed by atoms with Crippen molar-refractivity contribution in [2.45, 2.75) is 24.3 Å².